The summed E-state index contributed by atoms with van der Waals surface area (Å²) in [4.78, 5) is 0. The van der Waals surface area contributed by atoms with Gasteiger partial charge in [0.25, 0.3) is 0 Å². The highest BCUT2D eigenvalue weighted by Crippen LogP contribution is 2.16. The van der Waals surface area contributed by atoms with Gasteiger partial charge in [0.15, 0.2) is 0 Å². The average Bonchev–Trinajstić information content (AvgIpc) is 2.55. The Morgan fingerprint density at radius 2 is 1.38 bits per heavy atom. The van der Waals surface area contributed by atoms with E-state index in [4.69, 9.17) is 0 Å². The molecule has 1 aromatic rings. The lowest BCUT2D eigenvalue weighted by Gasteiger charge is -2.33. The Bertz CT molecular complexity index is 735. The van der Waals surface area contributed by atoms with Crippen molar-refractivity contribution in [1.29, 1.82) is 0 Å². The molecule has 1 aromatic carbocycles. The van der Waals surface area contributed by atoms with Gasteiger partial charge in [0, 0.05) is 26.2 Å². The number of rotatable bonds is 7. The molecule has 0 atom stereocenters. The van der Waals surface area contributed by atoms with E-state index in [1.54, 1.807) is 0 Å². The Hall–Kier alpha value is -0.960. The third kappa shape index (κ3) is 5.02. The van der Waals surface area contributed by atoms with Crippen molar-refractivity contribution in [1.82, 2.24) is 8.61 Å². The molecule has 0 bridgehead atoms. The van der Waals surface area contributed by atoms with Gasteiger partial charge < -0.3 is 0 Å². The van der Waals surface area contributed by atoms with Gasteiger partial charge in [0.05, 0.1) is 11.5 Å². The van der Waals surface area contributed by atoms with Gasteiger partial charge >= 0.3 is 0 Å². The van der Waals surface area contributed by atoms with Crippen molar-refractivity contribution >= 4 is 20.0 Å². The van der Waals surface area contributed by atoms with E-state index in [0.29, 0.717) is 6.42 Å². The summed E-state index contributed by atoms with van der Waals surface area (Å²) >= 11 is 0. The van der Waals surface area contributed by atoms with Crippen LogP contribution in [0.25, 0.3) is 0 Å². The molecule has 1 aliphatic rings. The standard InChI is InChI=1S/C16H26N2O4S2/c1-3-4-13-23(19,20)17-9-11-18(12-10-17)24(21,22)14-16-7-5-15(2)6-8-16/h5-8H,3-4,9-14H2,1-2H3. The summed E-state index contributed by atoms with van der Waals surface area (Å²) in [7, 11) is -6.69. The van der Waals surface area contributed by atoms with Gasteiger partial charge in [-0.1, -0.05) is 43.2 Å². The van der Waals surface area contributed by atoms with Gasteiger partial charge in [-0.25, -0.2) is 16.8 Å². The molecule has 136 valence electrons. The van der Waals surface area contributed by atoms with Crippen LogP contribution in [0.5, 0.6) is 0 Å². The van der Waals surface area contributed by atoms with Crippen LogP contribution in [0.2, 0.25) is 0 Å². The van der Waals surface area contributed by atoms with E-state index in [1.165, 1.54) is 8.61 Å². The SMILES string of the molecule is CCCCS(=O)(=O)N1CCN(S(=O)(=O)Cc2ccc(C)cc2)CC1. The van der Waals surface area contributed by atoms with Gasteiger partial charge in [-0.3, -0.25) is 0 Å². The molecule has 0 amide bonds. The van der Waals surface area contributed by atoms with Gasteiger partial charge in [-0.2, -0.15) is 8.61 Å². The number of hydrogen-bond acceptors (Lipinski definition) is 4. The van der Waals surface area contributed by atoms with E-state index in [1.807, 2.05) is 38.1 Å². The molecule has 0 aliphatic carbocycles. The van der Waals surface area contributed by atoms with Crippen LogP contribution in [0.1, 0.15) is 30.9 Å². The fraction of sp³-hybridized carbons (Fsp3) is 0.625. The first-order valence-corrected chi connectivity index (χ1v) is 11.5. The maximum Gasteiger partial charge on any atom is 0.218 e. The van der Waals surface area contributed by atoms with Crippen molar-refractivity contribution in [2.24, 2.45) is 0 Å². The zero-order valence-corrected chi connectivity index (χ0v) is 15.9. The molecule has 0 spiro atoms. The Morgan fingerprint density at radius 3 is 1.88 bits per heavy atom. The number of piperazine rings is 1. The number of benzene rings is 1. The molecule has 6 nitrogen and oxygen atoms in total. The lowest BCUT2D eigenvalue weighted by molar-refractivity contribution is 0.272. The maximum atomic E-state index is 12.5. The molecule has 1 heterocycles. The van der Waals surface area contributed by atoms with Crippen LogP contribution >= 0.6 is 0 Å². The number of sulfonamides is 2. The van der Waals surface area contributed by atoms with Crippen molar-refractivity contribution in [3.8, 4) is 0 Å². The van der Waals surface area contributed by atoms with Crippen LogP contribution in [-0.2, 0) is 25.8 Å². The molecular formula is C16H26N2O4S2. The highest BCUT2D eigenvalue weighted by Gasteiger charge is 2.31. The van der Waals surface area contributed by atoms with Crippen LogP contribution in [-0.4, -0.2) is 57.4 Å². The second-order valence-electron chi connectivity index (χ2n) is 6.21. The lowest BCUT2D eigenvalue weighted by Crippen LogP contribution is -2.51. The molecule has 2 rings (SSSR count). The fourth-order valence-corrected chi connectivity index (χ4v) is 5.82. The summed E-state index contributed by atoms with van der Waals surface area (Å²) in [6.07, 6.45) is 1.46. The number of hydrogen-bond donors (Lipinski definition) is 0. The summed E-state index contributed by atoms with van der Waals surface area (Å²) in [5.74, 6) is 0.0927. The van der Waals surface area contributed by atoms with E-state index in [0.717, 1.165) is 17.5 Å². The molecule has 0 saturated carbocycles. The predicted molar refractivity (Wildman–Crippen MR) is 95.6 cm³/mol. The summed E-state index contributed by atoms with van der Waals surface area (Å²) in [5, 5.41) is 0. The monoisotopic (exact) mass is 374 g/mol. The van der Waals surface area contributed by atoms with E-state index >= 15 is 0 Å². The van der Waals surface area contributed by atoms with Gasteiger partial charge in [-0.05, 0) is 18.9 Å². The highest BCUT2D eigenvalue weighted by atomic mass is 32.2. The first-order valence-electron chi connectivity index (χ1n) is 8.26. The van der Waals surface area contributed by atoms with Crippen LogP contribution < -0.4 is 0 Å². The van der Waals surface area contributed by atoms with E-state index < -0.39 is 20.0 Å². The Morgan fingerprint density at radius 1 is 0.875 bits per heavy atom. The first-order chi connectivity index (χ1) is 11.2. The molecular weight excluding hydrogens is 348 g/mol. The topological polar surface area (TPSA) is 74.8 Å². The van der Waals surface area contributed by atoms with E-state index in [9.17, 15) is 16.8 Å². The smallest absolute Gasteiger partial charge is 0.212 e. The van der Waals surface area contributed by atoms with Crippen molar-refractivity contribution in [2.45, 2.75) is 32.4 Å². The summed E-state index contributed by atoms with van der Waals surface area (Å²) in [6.45, 7) is 4.82. The molecule has 0 N–H and O–H groups in total. The van der Waals surface area contributed by atoms with Gasteiger partial charge in [-0.15, -0.1) is 0 Å². The van der Waals surface area contributed by atoms with E-state index in [2.05, 4.69) is 0 Å². The largest absolute Gasteiger partial charge is 0.218 e. The first kappa shape index (κ1) is 19.4. The van der Waals surface area contributed by atoms with Crippen LogP contribution in [0.15, 0.2) is 24.3 Å². The molecule has 0 aromatic heterocycles. The molecule has 8 heteroatoms. The summed E-state index contributed by atoms with van der Waals surface area (Å²) in [5.41, 5.74) is 1.83. The highest BCUT2D eigenvalue weighted by molar-refractivity contribution is 7.89. The van der Waals surface area contributed by atoms with Crippen molar-refractivity contribution in [2.75, 3.05) is 31.9 Å². The van der Waals surface area contributed by atoms with Crippen LogP contribution in [0.3, 0.4) is 0 Å². The summed E-state index contributed by atoms with van der Waals surface area (Å²) in [6, 6.07) is 7.42. The molecule has 1 fully saturated rings. The Kier molecular flexibility index (Phi) is 6.41. The quantitative estimate of drug-likeness (QED) is 0.726. The Balaban J connectivity index is 1.96. The minimum absolute atomic E-state index is 0.0458. The normalized spacial score (nSPS) is 17.9. The minimum atomic E-state index is -3.42. The second-order valence-corrected chi connectivity index (χ2v) is 10.3. The maximum absolute atomic E-state index is 12.5. The zero-order chi connectivity index (χ0) is 17.8. The zero-order valence-electron chi connectivity index (χ0n) is 14.3. The molecule has 24 heavy (non-hydrogen) atoms. The third-order valence-electron chi connectivity index (χ3n) is 4.21. The molecule has 1 aliphatic heterocycles. The summed E-state index contributed by atoms with van der Waals surface area (Å²) < 4.78 is 52.2. The predicted octanol–water partition coefficient (Wildman–Crippen LogP) is 1.57. The van der Waals surface area contributed by atoms with Crippen molar-refractivity contribution < 1.29 is 16.8 Å². The van der Waals surface area contributed by atoms with Crippen molar-refractivity contribution in [3.05, 3.63) is 35.4 Å². The lowest BCUT2D eigenvalue weighted by atomic mass is 10.2. The second kappa shape index (κ2) is 7.95. The van der Waals surface area contributed by atoms with Crippen LogP contribution in [0.4, 0.5) is 0 Å². The number of unbranched alkanes of at least 4 members (excludes halogenated alkanes) is 1. The number of nitrogens with zero attached hydrogens (tertiary/aromatic N) is 2. The van der Waals surface area contributed by atoms with Gasteiger partial charge in [0.1, 0.15) is 0 Å². The van der Waals surface area contributed by atoms with Crippen LogP contribution in [0, 0.1) is 6.92 Å². The number of aryl methyl sites for hydroxylation is 1. The fourth-order valence-electron chi connectivity index (χ4n) is 2.67. The minimum Gasteiger partial charge on any atom is -0.212 e. The van der Waals surface area contributed by atoms with Gasteiger partial charge in [0.2, 0.25) is 20.0 Å². The Labute approximate surface area is 145 Å². The molecule has 0 unspecified atom stereocenters. The molecule has 1 saturated heterocycles. The third-order valence-corrected chi connectivity index (χ3v) is 8.02. The van der Waals surface area contributed by atoms with E-state index in [-0.39, 0.29) is 37.7 Å². The average molecular weight is 375 g/mol. The van der Waals surface area contributed by atoms with Crippen molar-refractivity contribution in [3.63, 3.8) is 0 Å². The molecule has 0 radical (unpaired) electrons.